The minimum atomic E-state index is -4.60. The van der Waals surface area contributed by atoms with Crippen LogP contribution in [0, 0.1) is 0 Å². The number of benzene rings is 1. The molecule has 1 aliphatic carbocycles. The Morgan fingerprint density at radius 3 is 2.90 bits per heavy atom. The molecule has 0 aliphatic heterocycles. The number of hydrogen-bond acceptors (Lipinski definition) is 5. The number of nitrogens with zero attached hydrogens (tertiary/aromatic N) is 1. The van der Waals surface area contributed by atoms with Gasteiger partial charge in [0, 0.05) is 22.7 Å². The number of aromatic nitrogens is 2. The third-order valence-electron chi connectivity index (χ3n) is 4.89. The monoisotopic (exact) mass is 487 g/mol. The van der Waals surface area contributed by atoms with E-state index in [4.69, 9.17) is 11.6 Å². The van der Waals surface area contributed by atoms with E-state index in [0.717, 1.165) is 41.8 Å². The summed E-state index contributed by atoms with van der Waals surface area (Å²) in [5.41, 5.74) is 0.0432. The average molecular weight is 488 g/mol. The number of amides is 1. The lowest BCUT2D eigenvalue weighted by Gasteiger charge is -2.11. The van der Waals surface area contributed by atoms with Gasteiger partial charge in [-0.15, -0.1) is 11.3 Å². The van der Waals surface area contributed by atoms with Gasteiger partial charge in [0.1, 0.15) is 10.7 Å². The first kappa shape index (κ1) is 22.2. The van der Waals surface area contributed by atoms with Crippen molar-refractivity contribution in [1.29, 1.82) is 0 Å². The molecule has 164 valence electrons. The summed E-state index contributed by atoms with van der Waals surface area (Å²) in [5, 5.41) is 2.73. The van der Waals surface area contributed by atoms with Gasteiger partial charge < -0.3 is 10.3 Å². The van der Waals surface area contributed by atoms with Gasteiger partial charge >= 0.3 is 6.18 Å². The first-order chi connectivity index (χ1) is 14.7. The first-order valence-electron chi connectivity index (χ1n) is 9.50. The number of carbonyl (C=O) groups is 1. The zero-order chi connectivity index (χ0) is 22.2. The van der Waals surface area contributed by atoms with E-state index in [1.807, 2.05) is 0 Å². The van der Waals surface area contributed by atoms with Crippen LogP contribution in [-0.2, 0) is 29.6 Å². The van der Waals surface area contributed by atoms with E-state index in [9.17, 15) is 22.8 Å². The van der Waals surface area contributed by atoms with E-state index in [-0.39, 0.29) is 17.7 Å². The third kappa shape index (κ3) is 4.91. The summed E-state index contributed by atoms with van der Waals surface area (Å²) in [5.74, 6) is 0.999. The Kier molecular flexibility index (Phi) is 6.32. The molecule has 0 fully saturated rings. The summed E-state index contributed by atoms with van der Waals surface area (Å²) < 4.78 is 38.8. The molecule has 4 rings (SSSR count). The standard InChI is InChI=1S/C20H17ClF3N3O2S2/c21-13-5-4-10(8-12(13)20(22,23)24)25-16(28)6-7-30-9-15-26-18(29)17-11-2-1-3-14(11)31-19(17)27-15/h4-5,8H,1-3,6-7,9H2,(H,25,28)(H,26,27,29). The smallest absolute Gasteiger partial charge is 0.326 e. The number of fused-ring (bicyclic) bond motifs is 3. The summed E-state index contributed by atoms with van der Waals surface area (Å²) in [7, 11) is 0. The molecule has 1 aromatic carbocycles. The van der Waals surface area contributed by atoms with Gasteiger partial charge in [-0.2, -0.15) is 24.9 Å². The fraction of sp³-hybridized carbons (Fsp3) is 0.350. The molecule has 0 atom stereocenters. The minimum Gasteiger partial charge on any atom is -0.326 e. The summed E-state index contributed by atoms with van der Waals surface area (Å²) in [4.78, 5) is 33.9. The molecule has 0 unspecified atom stereocenters. The van der Waals surface area contributed by atoms with Crippen LogP contribution in [0.25, 0.3) is 10.2 Å². The van der Waals surface area contributed by atoms with Crippen LogP contribution in [0.2, 0.25) is 5.02 Å². The number of alkyl halides is 3. The molecule has 2 N–H and O–H groups in total. The maximum atomic E-state index is 12.9. The zero-order valence-corrected chi connectivity index (χ0v) is 18.5. The lowest BCUT2D eigenvalue weighted by Crippen LogP contribution is -2.14. The number of hydrogen-bond donors (Lipinski definition) is 2. The zero-order valence-electron chi connectivity index (χ0n) is 16.1. The van der Waals surface area contributed by atoms with Gasteiger partial charge in [-0.25, -0.2) is 4.98 Å². The SMILES string of the molecule is O=C(CCSCc1nc2sc3c(c2c(=O)[nH]1)CCC3)Nc1ccc(Cl)c(C(F)(F)F)c1. The first-order valence-corrected chi connectivity index (χ1v) is 11.8. The number of aromatic amines is 1. The summed E-state index contributed by atoms with van der Waals surface area (Å²) in [6.07, 6.45) is -1.51. The van der Waals surface area contributed by atoms with Crippen LogP contribution in [0.3, 0.4) is 0 Å². The van der Waals surface area contributed by atoms with Crippen molar-refractivity contribution in [2.75, 3.05) is 11.1 Å². The van der Waals surface area contributed by atoms with Crippen LogP contribution in [0.1, 0.15) is 34.7 Å². The molecule has 0 bridgehead atoms. The summed E-state index contributed by atoms with van der Waals surface area (Å²) >= 11 is 8.56. The normalized spacial score (nSPS) is 13.5. The van der Waals surface area contributed by atoms with Gasteiger partial charge in [0.15, 0.2) is 0 Å². The predicted molar refractivity (Wildman–Crippen MR) is 118 cm³/mol. The molecular weight excluding hydrogens is 471 g/mol. The van der Waals surface area contributed by atoms with E-state index in [1.54, 1.807) is 11.3 Å². The van der Waals surface area contributed by atoms with Crippen molar-refractivity contribution in [1.82, 2.24) is 9.97 Å². The Balaban J connectivity index is 1.31. The second-order valence-electron chi connectivity index (χ2n) is 7.09. The molecule has 1 aliphatic rings. The number of thiophene rings is 1. The Labute approximate surface area is 188 Å². The molecule has 2 aromatic heterocycles. The number of halogens is 4. The molecule has 0 spiro atoms. The number of anilines is 1. The van der Waals surface area contributed by atoms with Crippen LogP contribution < -0.4 is 10.9 Å². The molecule has 2 heterocycles. The number of carbonyl (C=O) groups excluding carboxylic acids is 1. The Bertz CT molecular complexity index is 1210. The largest absolute Gasteiger partial charge is 0.417 e. The predicted octanol–water partition coefficient (Wildman–Crippen LogP) is 5.41. The van der Waals surface area contributed by atoms with Crippen molar-refractivity contribution in [2.24, 2.45) is 0 Å². The van der Waals surface area contributed by atoms with E-state index in [1.165, 1.54) is 22.7 Å². The second-order valence-corrected chi connectivity index (χ2v) is 9.69. The van der Waals surface area contributed by atoms with Crippen LogP contribution in [-0.4, -0.2) is 21.6 Å². The van der Waals surface area contributed by atoms with Crippen molar-refractivity contribution in [2.45, 2.75) is 37.6 Å². The van der Waals surface area contributed by atoms with E-state index >= 15 is 0 Å². The lowest BCUT2D eigenvalue weighted by molar-refractivity contribution is -0.137. The highest BCUT2D eigenvalue weighted by Crippen LogP contribution is 2.36. The maximum absolute atomic E-state index is 12.9. The number of H-pyrrole nitrogens is 1. The molecule has 0 radical (unpaired) electrons. The Hall–Kier alpha value is -2.04. The number of rotatable bonds is 6. The van der Waals surface area contributed by atoms with Gasteiger partial charge in [0.25, 0.3) is 5.56 Å². The van der Waals surface area contributed by atoms with Crippen molar-refractivity contribution in [3.05, 3.63) is 55.4 Å². The quantitative estimate of drug-likeness (QED) is 0.456. The number of nitrogens with one attached hydrogen (secondary N) is 2. The van der Waals surface area contributed by atoms with Crippen LogP contribution in [0.4, 0.5) is 18.9 Å². The van der Waals surface area contributed by atoms with E-state index in [0.29, 0.717) is 22.7 Å². The fourth-order valence-corrected chi connectivity index (χ4v) is 5.80. The molecule has 3 aromatic rings. The third-order valence-corrected chi connectivity index (χ3v) is 7.38. The van der Waals surface area contributed by atoms with Crippen molar-refractivity contribution in [3.8, 4) is 0 Å². The lowest BCUT2D eigenvalue weighted by atomic mass is 10.2. The van der Waals surface area contributed by atoms with Crippen molar-refractivity contribution >= 4 is 56.5 Å². The highest BCUT2D eigenvalue weighted by molar-refractivity contribution is 7.98. The highest BCUT2D eigenvalue weighted by Gasteiger charge is 2.33. The molecule has 1 amide bonds. The molecule has 0 saturated carbocycles. The van der Waals surface area contributed by atoms with E-state index in [2.05, 4.69) is 15.3 Å². The molecule has 0 saturated heterocycles. The molecule has 31 heavy (non-hydrogen) atoms. The maximum Gasteiger partial charge on any atom is 0.417 e. The van der Waals surface area contributed by atoms with Gasteiger partial charge in [0.05, 0.1) is 21.7 Å². The van der Waals surface area contributed by atoms with Crippen molar-refractivity contribution < 1.29 is 18.0 Å². The minimum absolute atomic E-state index is 0.0360. The van der Waals surface area contributed by atoms with Gasteiger partial charge in [0.2, 0.25) is 5.91 Å². The van der Waals surface area contributed by atoms with Gasteiger partial charge in [-0.05, 0) is 43.0 Å². The highest BCUT2D eigenvalue weighted by atomic mass is 35.5. The van der Waals surface area contributed by atoms with Gasteiger partial charge in [-0.1, -0.05) is 11.6 Å². The topological polar surface area (TPSA) is 74.8 Å². The summed E-state index contributed by atoms with van der Waals surface area (Å²) in [6, 6.07) is 3.24. The van der Waals surface area contributed by atoms with Crippen LogP contribution in [0.15, 0.2) is 23.0 Å². The fourth-order valence-electron chi connectivity index (χ4n) is 3.49. The molecule has 11 heteroatoms. The van der Waals surface area contributed by atoms with E-state index < -0.39 is 22.7 Å². The average Bonchev–Trinajstić information content (AvgIpc) is 3.26. The molecular formula is C20H17ClF3N3O2S2. The van der Waals surface area contributed by atoms with Crippen LogP contribution >= 0.6 is 34.7 Å². The summed E-state index contributed by atoms with van der Waals surface area (Å²) in [6.45, 7) is 0. The van der Waals surface area contributed by atoms with Gasteiger partial charge in [-0.3, -0.25) is 9.59 Å². The number of aryl methyl sites for hydroxylation is 2. The Morgan fingerprint density at radius 2 is 2.13 bits per heavy atom. The van der Waals surface area contributed by atoms with Crippen molar-refractivity contribution in [3.63, 3.8) is 0 Å². The molecule has 5 nitrogen and oxygen atoms in total. The second kappa shape index (κ2) is 8.84. The van der Waals surface area contributed by atoms with Crippen LogP contribution in [0.5, 0.6) is 0 Å². The number of thioether (sulfide) groups is 1. The Morgan fingerprint density at radius 1 is 1.32 bits per heavy atom.